The van der Waals surface area contributed by atoms with Crippen molar-refractivity contribution in [1.29, 1.82) is 0 Å². The minimum Gasteiger partial charge on any atom is -0.482 e. The zero-order chi connectivity index (χ0) is 17.9. The monoisotopic (exact) mass is 402 g/mol. The molecule has 0 spiro atoms. The van der Waals surface area contributed by atoms with E-state index in [9.17, 15) is 9.59 Å². The van der Waals surface area contributed by atoms with Crippen LogP contribution in [0.25, 0.3) is 0 Å². The Morgan fingerprint density at radius 2 is 2.08 bits per heavy atom. The number of ether oxygens (including phenoxy) is 2. The van der Waals surface area contributed by atoms with E-state index in [-0.39, 0.29) is 36.9 Å². The Kier molecular flexibility index (Phi) is 11.2. The average Bonchev–Trinajstić information content (AvgIpc) is 2.62. The van der Waals surface area contributed by atoms with Crippen molar-refractivity contribution in [2.75, 3.05) is 37.8 Å². The molecule has 1 amide bonds. The smallest absolute Gasteiger partial charge is 0.344 e. The molecule has 0 radical (unpaired) electrons. The minimum atomic E-state index is -0.375. The zero-order valence-electron chi connectivity index (χ0n) is 15.0. The van der Waals surface area contributed by atoms with E-state index in [0.29, 0.717) is 25.3 Å². The van der Waals surface area contributed by atoms with E-state index in [1.807, 2.05) is 36.0 Å². The van der Waals surface area contributed by atoms with Gasteiger partial charge in [0, 0.05) is 37.1 Å². The zero-order valence-corrected chi connectivity index (χ0v) is 16.6. The number of esters is 1. The van der Waals surface area contributed by atoms with Gasteiger partial charge in [-0.15, -0.1) is 12.4 Å². The van der Waals surface area contributed by atoms with Crippen LogP contribution in [0.3, 0.4) is 0 Å². The van der Waals surface area contributed by atoms with Crippen LogP contribution in [0.4, 0.5) is 0 Å². The molecule has 1 saturated heterocycles. The van der Waals surface area contributed by atoms with Crippen molar-refractivity contribution in [1.82, 2.24) is 10.6 Å². The van der Waals surface area contributed by atoms with Crippen molar-refractivity contribution in [3.63, 3.8) is 0 Å². The molecule has 1 atom stereocenters. The Bertz CT molecular complexity index is 551. The minimum absolute atomic E-state index is 0. The summed E-state index contributed by atoms with van der Waals surface area (Å²) in [7, 11) is 0. The number of rotatable bonds is 9. The van der Waals surface area contributed by atoms with E-state index in [2.05, 4.69) is 10.6 Å². The van der Waals surface area contributed by atoms with Crippen LogP contribution in [-0.2, 0) is 20.7 Å². The second-order valence-corrected chi connectivity index (χ2v) is 6.92. The molecule has 1 aliphatic heterocycles. The second-order valence-electron chi connectivity index (χ2n) is 5.77. The lowest BCUT2D eigenvalue weighted by Crippen LogP contribution is -2.41. The summed E-state index contributed by atoms with van der Waals surface area (Å²) in [6, 6.07) is 7.80. The third kappa shape index (κ3) is 8.78. The molecule has 0 bridgehead atoms. The SMILES string of the molecule is CCOC(=O)COc1ccc(CCNC(=O)CC2CSCCN2)cc1.Cl. The van der Waals surface area contributed by atoms with E-state index in [1.54, 1.807) is 6.92 Å². The first-order chi connectivity index (χ1) is 12.2. The maximum atomic E-state index is 11.9. The predicted octanol–water partition coefficient (Wildman–Crippen LogP) is 1.80. The molecule has 1 aliphatic rings. The van der Waals surface area contributed by atoms with Crippen LogP contribution < -0.4 is 15.4 Å². The maximum Gasteiger partial charge on any atom is 0.344 e. The van der Waals surface area contributed by atoms with E-state index in [1.165, 1.54) is 0 Å². The number of nitrogens with one attached hydrogen (secondary N) is 2. The molecule has 6 nitrogen and oxygen atoms in total. The van der Waals surface area contributed by atoms with Gasteiger partial charge in [0.25, 0.3) is 0 Å². The summed E-state index contributed by atoms with van der Waals surface area (Å²) in [5.41, 5.74) is 1.11. The topological polar surface area (TPSA) is 76.7 Å². The molecule has 0 aromatic heterocycles. The summed E-state index contributed by atoms with van der Waals surface area (Å²) in [6.07, 6.45) is 1.30. The number of halogens is 1. The molecular weight excluding hydrogens is 376 g/mol. The molecule has 0 aliphatic carbocycles. The fourth-order valence-electron chi connectivity index (χ4n) is 2.49. The quantitative estimate of drug-likeness (QED) is 0.613. The summed E-state index contributed by atoms with van der Waals surface area (Å²) in [5.74, 6) is 2.47. The normalized spacial score (nSPS) is 16.3. The molecule has 0 saturated carbocycles. The highest BCUT2D eigenvalue weighted by Crippen LogP contribution is 2.13. The highest BCUT2D eigenvalue weighted by molar-refractivity contribution is 7.99. The van der Waals surface area contributed by atoms with Crippen LogP contribution in [0.15, 0.2) is 24.3 Å². The molecule has 2 rings (SSSR count). The van der Waals surface area contributed by atoms with Crippen LogP contribution in [0.5, 0.6) is 5.75 Å². The molecule has 146 valence electrons. The standard InChI is InChI=1S/C18H26N2O4S.ClH/c1-2-23-18(22)12-24-16-5-3-14(4-6-16)7-8-20-17(21)11-15-13-25-10-9-19-15;/h3-6,15,19H,2,7-13H2,1H3,(H,20,21);1H. The fourth-order valence-corrected chi connectivity index (χ4v) is 3.44. The third-order valence-electron chi connectivity index (χ3n) is 3.75. The molecule has 26 heavy (non-hydrogen) atoms. The van der Waals surface area contributed by atoms with E-state index < -0.39 is 0 Å². The van der Waals surface area contributed by atoms with Crippen molar-refractivity contribution in [3.05, 3.63) is 29.8 Å². The van der Waals surface area contributed by atoms with Crippen molar-refractivity contribution in [2.45, 2.75) is 25.8 Å². The number of hydrogen-bond acceptors (Lipinski definition) is 6. The number of benzene rings is 1. The van der Waals surface area contributed by atoms with Crippen molar-refractivity contribution in [2.24, 2.45) is 0 Å². The average molecular weight is 403 g/mol. The van der Waals surface area contributed by atoms with Gasteiger partial charge in [-0.25, -0.2) is 4.79 Å². The van der Waals surface area contributed by atoms with Gasteiger partial charge in [0.1, 0.15) is 5.75 Å². The third-order valence-corrected chi connectivity index (χ3v) is 4.88. The lowest BCUT2D eigenvalue weighted by atomic mass is 10.1. The van der Waals surface area contributed by atoms with Gasteiger partial charge in [0.15, 0.2) is 6.61 Å². The molecule has 2 N–H and O–H groups in total. The van der Waals surface area contributed by atoms with Crippen LogP contribution in [-0.4, -0.2) is 55.7 Å². The maximum absolute atomic E-state index is 11.9. The van der Waals surface area contributed by atoms with Crippen LogP contribution in [0.1, 0.15) is 18.9 Å². The van der Waals surface area contributed by atoms with E-state index in [0.717, 1.165) is 30.0 Å². The Morgan fingerprint density at radius 3 is 2.73 bits per heavy atom. The van der Waals surface area contributed by atoms with Crippen molar-refractivity contribution in [3.8, 4) is 5.75 Å². The van der Waals surface area contributed by atoms with Crippen LogP contribution in [0.2, 0.25) is 0 Å². The summed E-state index contributed by atoms with van der Waals surface area (Å²) < 4.78 is 10.2. The first-order valence-electron chi connectivity index (χ1n) is 8.62. The lowest BCUT2D eigenvalue weighted by Gasteiger charge is -2.22. The molecule has 1 unspecified atom stereocenters. The first kappa shape index (κ1) is 22.6. The predicted molar refractivity (Wildman–Crippen MR) is 106 cm³/mol. The molecule has 1 heterocycles. The van der Waals surface area contributed by atoms with Gasteiger partial charge in [0.2, 0.25) is 5.91 Å². The summed E-state index contributed by atoms with van der Waals surface area (Å²) >= 11 is 1.89. The van der Waals surface area contributed by atoms with Crippen molar-refractivity contribution < 1.29 is 19.1 Å². The Hall–Kier alpha value is -1.44. The van der Waals surface area contributed by atoms with E-state index >= 15 is 0 Å². The van der Waals surface area contributed by atoms with Crippen molar-refractivity contribution >= 4 is 36.0 Å². The van der Waals surface area contributed by atoms with Crippen LogP contribution in [0, 0.1) is 0 Å². The number of thioether (sulfide) groups is 1. The lowest BCUT2D eigenvalue weighted by molar-refractivity contribution is -0.145. The Balaban J connectivity index is 0.00000338. The second kappa shape index (κ2) is 12.8. The molecule has 8 heteroatoms. The summed E-state index contributed by atoms with van der Waals surface area (Å²) in [6.45, 7) is 3.62. The van der Waals surface area contributed by atoms with Gasteiger partial charge < -0.3 is 20.1 Å². The molecular formula is C18H27ClN2O4S. The highest BCUT2D eigenvalue weighted by atomic mass is 35.5. The molecule has 1 fully saturated rings. The number of hydrogen-bond donors (Lipinski definition) is 2. The van der Waals surface area contributed by atoms with Gasteiger partial charge in [-0.3, -0.25) is 4.79 Å². The molecule has 1 aromatic carbocycles. The number of carbonyl (C=O) groups is 2. The van der Waals surface area contributed by atoms with Gasteiger partial charge in [-0.1, -0.05) is 12.1 Å². The van der Waals surface area contributed by atoms with Gasteiger partial charge in [-0.2, -0.15) is 11.8 Å². The summed E-state index contributed by atoms with van der Waals surface area (Å²) in [4.78, 5) is 23.2. The number of carbonyl (C=O) groups excluding carboxylic acids is 2. The Labute approximate surface area is 165 Å². The fraction of sp³-hybridized carbons (Fsp3) is 0.556. The molecule has 1 aromatic rings. The van der Waals surface area contributed by atoms with Gasteiger partial charge in [0.05, 0.1) is 6.61 Å². The van der Waals surface area contributed by atoms with Gasteiger partial charge in [-0.05, 0) is 31.0 Å². The largest absolute Gasteiger partial charge is 0.482 e. The van der Waals surface area contributed by atoms with Crippen LogP contribution >= 0.6 is 24.2 Å². The summed E-state index contributed by atoms with van der Waals surface area (Å²) in [5, 5.41) is 6.33. The van der Waals surface area contributed by atoms with E-state index in [4.69, 9.17) is 9.47 Å². The highest BCUT2D eigenvalue weighted by Gasteiger charge is 2.16. The first-order valence-corrected chi connectivity index (χ1v) is 9.78. The number of amides is 1. The van der Waals surface area contributed by atoms with Gasteiger partial charge >= 0.3 is 5.97 Å². The Morgan fingerprint density at radius 1 is 1.31 bits per heavy atom.